The fourth-order valence-electron chi connectivity index (χ4n) is 4.89. The molecule has 5 heteroatoms. The van der Waals surface area contributed by atoms with Gasteiger partial charge >= 0.3 is 5.97 Å². The lowest BCUT2D eigenvalue weighted by atomic mass is 9.95. The van der Waals surface area contributed by atoms with E-state index in [2.05, 4.69) is 37.3 Å². The van der Waals surface area contributed by atoms with Crippen LogP contribution in [0.25, 0.3) is 0 Å². The van der Waals surface area contributed by atoms with Gasteiger partial charge in [-0.2, -0.15) is 0 Å². The number of unbranched alkanes of at least 4 members (excludes halogenated alkanes) is 2. The first-order chi connectivity index (χ1) is 17.5. The van der Waals surface area contributed by atoms with Gasteiger partial charge in [-0.3, -0.25) is 4.79 Å². The average molecular weight is 492 g/mol. The predicted octanol–water partition coefficient (Wildman–Crippen LogP) is 5.75. The lowest BCUT2D eigenvalue weighted by Gasteiger charge is -2.23. The van der Waals surface area contributed by atoms with E-state index in [1.165, 1.54) is 25.5 Å². The molecule has 0 radical (unpaired) electrons. The van der Waals surface area contributed by atoms with E-state index in [-0.39, 0.29) is 23.8 Å². The first kappa shape index (κ1) is 27.7. The summed E-state index contributed by atoms with van der Waals surface area (Å²) >= 11 is 0. The zero-order valence-corrected chi connectivity index (χ0v) is 21.8. The molecule has 0 saturated carbocycles. The molecule has 36 heavy (non-hydrogen) atoms. The Morgan fingerprint density at radius 1 is 1.06 bits per heavy atom. The van der Waals surface area contributed by atoms with Crippen LogP contribution in [-0.4, -0.2) is 47.7 Å². The molecule has 2 aromatic rings. The van der Waals surface area contributed by atoms with Crippen molar-refractivity contribution in [1.82, 2.24) is 4.90 Å². The summed E-state index contributed by atoms with van der Waals surface area (Å²) in [5, 5.41) is 10.7. The topological polar surface area (TPSA) is 66.8 Å². The number of aliphatic hydroxyl groups excluding tert-OH is 1. The number of amides is 1. The number of hydrogen-bond acceptors (Lipinski definition) is 4. The van der Waals surface area contributed by atoms with Gasteiger partial charge in [0.25, 0.3) is 0 Å². The van der Waals surface area contributed by atoms with Gasteiger partial charge in [0.1, 0.15) is 0 Å². The van der Waals surface area contributed by atoms with Crippen molar-refractivity contribution >= 4 is 11.9 Å². The average Bonchev–Trinajstić information content (AvgIpc) is 3.26. The number of carbonyl (C=O) groups is 2. The Bertz CT molecular complexity index is 987. The molecular weight excluding hydrogens is 450 g/mol. The third-order valence-electron chi connectivity index (χ3n) is 7.17. The third kappa shape index (κ3) is 8.63. The summed E-state index contributed by atoms with van der Waals surface area (Å²) in [5.74, 6) is 0.0382. The van der Waals surface area contributed by atoms with Crippen molar-refractivity contribution in [3.63, 3.8) is 0 Å². The standard InChI is InChI=1S/C31H41NO4/c1-24(11-5-3-6-12-25-13-7-4-8-14-25)29(33)20-18-28-19-21-30(34)32(28)22-10-16-26-15-9-17-27(23-26)31(35)36-2/h4,7-9,13-15,17-18,20,23-24,28-29,33H,3,5-6,10-12,16,19,21-22H2,1-2H3/t24-,28-,29-/m0/s1. The Hall–Kier alpha value is -2.92. The molecular formula is C31H41NO4. The smallest absolute Gasteiger partial charge is 0.337 e. The highest BCUT2D eigenvalue weighted by Crippen LogP contribution is 2.22. The molecule has 1 N–H and O–H groups in total. The summed E-state index contributed by atoms with van der Waals surface area (Å²) in [6, 6.07) is 18.1. The van der Waals surface area contributed by atoms with Crippen molar-refractivity contribution in [2.24, 2.45) is 5.92 Å². The minimum Gasteiger partial charge on any atom is -0.465 e. The molecule has 3 rings (SSSR count). The number of likely N-dealkylation sites (tertiary alicyclic amines) is 1. The molecule has 1 aliphatic heterocycles. The van der Waals surface area contributed by atoms with Gasteiger partial charge in [-0.15, -0.1) is 0 Å². The molecule has 0 aromatic heterocycles. The van der Waals surface area contributed by atoms with E-state index in [4.69, 9.17) is 4.74 Å². The fourth-order valence-corrected chi connectivity index (χ4v) is 4.89. The highest BCUT2D eigenvalue weighted by Gasteiger charge is 2.28. The van der Waals surface area contributed by atoms with Gasteiger partial charge in [0.2, 0.25) is 5.91 Å². The van der Waals surface area contributed by atoms with E-state index in [0.717, 1.165) is 44.1 Å². The minimum absolute atomic E-state index is 0.0478. The molecule has 194 valence electrons. The first-order valence-corrected chi connectivity index (χ1v) is 13.3. The SMILES string of the molecule is COC(=O)c1cccc(CCCN2C(=O)CC[C@@H]2C=C[C@H](O)[C@@H](C)CCCCCc2ccccc2)c1. The van der Waals surface area contributed by atoms with Crippen molar-refractivity contribution in [3.8, 4) is 0 Å². The first-order valence-electron chi connectivity index (χ1n) is 13.3. The molecule has 1 amide bonds. The Balaban J connectivity index is 1.39. The lowest BCUT2D eigenvalue weighted by Crippen LogP contribution is -2.33. The molecule has 0 unspecified atom stereocenters. The summed E-state index contributed by atoms with van der Waals surface area (Å²) < 4.78 is 4.80. The van der Waals surface area contributed by atoms with Gasteiger partial charge in [0, 0.05) is 13.0 Å². The second-order valence-corrected chi connectivity index (χ2v) is 9.93. The highest BCUT2D eigenvalue weighted by atomic mass is 16.5. The van der Waals surface area contributed by atoms with Crippen LogP contribution >= 0.6 is 0 Å². The van der Waals surface area contributed by atoms with Crippen LogP contribution in [0.2, 0.25) is 0 Å². The van der Waals surface area contributed by atoms with Crippen LogP contribution in [0.4, 0.5) is 0 Å². The van der Waals surface area contributed by atoms with Gasteiger partial charge in [0.15, 0.2) is 0 Å². The van der Waals surface area contributed by atoms with E-state index >= 15 is 0 Å². The zero-order valence-electron chi connectivity index (χ0n) is 21.8. The third-order valence-corrected chi connectivity index (χ3v) is 7.17. The molecule has 1 saturated heterocycles. The van der Waals surface area contributed by atoms with E-state index < -0.39 is 6.10 Å². The number of benzene rings is 2. The molecule has 3 atom stereocenters. The number of ether oxygens (including phenoxy) is 1. The second-order valence-electron chi connectivity index (χ2n) is 9.93. The molecule has 0 bridgehead atoms. The largest absolute Gasteiger partial charge is 0.465 e. The van der Waals surface area contributed by atoms with Crippen molar-refractivity contribution in [3.05, 3.63) is 83.4 Å². The number of methoxy groups -OCH3 is 1. The lowest BCUT2D eigenvalue weighted by molar-refractivity contribution is -0.128. The summed E-state index contributed by atoms with van der Waals surface area (Å²) in [6.45, 7) is 2.77. The van der Waals surface area contributed by atoms with Gasteiger partial charge in [-0.1, -0.05) is 74.4 Å². The maximum absolute atomic E-state index is 12.5. The van der Waals surface area contributed by atoms with Crippen LogP contribution < -0.4 is 0 Å². The fraction of sp³-hybridized carbons (Fsp3) is 0.484. The van der Waals surface area contributed by atoms with E-state index in [9.17, 15) is 14.7 Å². The number of aryl methyl sites for hydroxylation is 2. The molecule has 1 aliphatic rings. The Morgan fingerprint density at radius 3 is 2.58 bits per heavy atom. The molecule has 0 spiro atoms. The van der Waals surface area contributed by atoms with Crippen molar-refractivity contribution < 1.29 is 19.4 Å². The maximum Gasteiger partial charge on any atom is 0.337 e. The molecule has 1 heterocycles. The van der Waals surface area contributed by atoms with E-state index in [0.29, 0.717) is 18.5 Å². The summed E-state index contributed by atoms with van der Waals surface area (Å²) in [5.41, 5.74) is 3.00. The van der Waals surface area contributed by atoms with Crippen LogP contribution in [0, 0.1) is 5.92 Å². The number of rotatable bonds is 14. The van der Waals surface area contributed by atoms with Crippen molar-refractivity contribution in [2.45, 2.75) is 76.9 Å². The van der Waals surface area contributed by atoms with E-state index in [1.807, 2.05) is 35.3 Å². The maximum atomic E-state index is 12.5. The normalized spacial score (nSPS) is 17.5. The zero-order chi connectivity index (χ0) is 25.8. The number of hydrogen-bond donors (Lipinski definition) is 1. The van der Waals surface area contributed by atoms with E-state index in [1.54, 1.807) is 6.07 Å². The van der Waals surface area contributed by atoms with Gasteiger partial charge in [-0.05, 0) is 67.7 Å². The van der Waals surface area contributed by atoms with Crippen LogP contribution in [-0.2, 0) is 22.4 Å². The van der Waals surface area contributed by atoms with Crippen molar-refractivity contribution in [1.29, 1.82) is 0 Å². The highest BCUT2D eigenvalue weighted by molar-refractivity contribution is 5.89. The quantitative estimate of drug-likeness (QED) is 0.207. The number of nitrogens with zero attached hydrogens (tertiary/aromatic N) is 1. The minimum atomic E-state index is -0.488. The summed E-state index contributed by atoms with van der Waals surface area (Å²) in [6.07, 6.45) is 12.0. The molecule has 2 aromatic carbocycles. The number of carbonyl (C=O) groups excluding carboxylic acids is 2. The molecule has 5 nitrogen and oxygen atoms in total. The van der Waals surface area contributed by atoms with Crippen LogP contribution in [0.3, 0.4) is 0 Å². The number of aliphatic hydroxyl groups is 1. The van der Waals surface area contributed by atoms with Gasteiger partial charge in [0.05, 0.1) is 24.8 Å². The van der Waals surface area contributed by atoms with Gasteiger partial charge in [-0.25, -0.2) is 4.79 Å². The van der Waals surface area contributed by atoms with Crippen molar-refractivity contribution in [2.75, 3.05) is 13.7 Å². The summed E-state index contributed by atoms with van der Waals surface area (Å²) in [7, 11) is 1.38. The Labute approximate surface area is 216 Å². The molecule has 0 aliphatic carbocycles. The summed E-state index contributed by atoms with van der Waals surface area (Å²) in [4.78, 5) is 26.1. The Morgan fingerprint density at radius 2 is 1.81 bits per heavy atom. The number of esters is 1. The van der Waals surface area contributed by atoms with Crippen LogP contribution in [0.1, 0.15) is 73.4 Å². The Kier molecular flexibility index (Phi) is 11.2. The second kappa shape index (κ2) is 14.6. The van der Waals surface area contributed by atoms with Crippen LogP contribution in [0.5, 0.6) is 0 Å². The monoisotopic (exact) mass is 491 g/mol. The van der Waals surface area contributed by atoms with Gasteiger partial charge < -0.3 is 14.7 Å². The van der Waals surface area contributed by atoms with Crippen LogP contribution in [0.15, 0.2) is 66.7 Å². The molecule has 1 fully saturated rings. The predicted molar refractivity (Wildman–Crippen MR) is 144 cm³/mol.